The van der Waals surface area contributed by atoms with Crippen molar-refractivity contribution in [3.8, 4) is 5.75 Å². The normalized spacial score (nSPS) is 17.8. The average molecular weight is 256 g/mol. The van der Waals surface area contributed by atoms with Gasteiger partial charge < -0.3 is 9.84 Å². The summed E-state index contributed by atoms with van der Waals surface area (Å²) in [5, 5.41) is 9.96. The largest absolute Gasteiger partial charge is 0.507 e. The van der Waals surface area contributed by atoms with E-state index < -0.39 is 11.6 Å². The molecule has 4 heteroatoms. The lowest BCUT2D eigenvalue weighted by atomic mass is 9.79. The van der Waals surface area contributed by atoms with Crippen molar-refractivity contribution in [2.45, 2.75) is 12.8 Å². The van der Waals surface area contributed by atoms with E-state index in [0.29, 0.717) is 24.0 Å². The van der Waals surface area contributed by atoms with Crippen LogP contribution in [0.4, 0.5) is 0 Å². The second-order valence-electron chi connectivity index (χ2n) is 4.60. The van der Waals surface area contributed by atoms with Crippen molar-refractivity contribution in [2.75, 3.05) is 7.11 Å². The summed E-state index contributed by atoms with van der Waals surface area (Å²) < 4.78 is 5.17. The molecular formula is C15H12O4. The fraction of sp³-hybridized carbons (Fsp3) is 0.200. The molecule has 2 aliphatic carbocycles. The van der Waals surface area contributed by atoms with Gasteiger partial charge in [0, 0.05) is 17.2 Å². The standard InChI is InChI=1S/C15H12O4/c1-19-9-3-5-10-8(6-9)2-4-11-14(10)12(16)7-13(17)15(11)18/h3,5-7,16H,2,4H2,1H3. The van der Waals surface area contributed by atoms with Crippen molar-refractivity contribution >= 4 is 17.1 Å². The number of aryl methyl sites for hydroxylation is 1. The average Bonchev–Trinajstić information content (AvgIpc) is 2.43. The van der Waals surface area contributed by atoms with Crippen LogP contribution in [0.2, 0.25) is 0 Å². The van der Waals surface area contributed by atoms with E-state index in [1.807, 2.05) is 12.1 Å². The molecule has 0 unspecified atom stereocenters. The maximum Gasteiger partial charge on any atom is 0.229 e. The van der Waals surface area contributed by atoms with Crippen LogP contribution in [0.15, 0.2) is 35.6 Å². The summed E-state index contributed by atoms with van der Waals surface area (Å²) in [6.07, 6.45) is 2.14. The van der Waals surface area contributed by atoms with Gasteiger partial charge in [0.05, 0.1) is 7.11 Å². The molecule has 2 aliphatic rings. The number of carbonyl (C=O) groups excluding carboxylic acids is 2. The first-order valence-electron chi connectivity index (χ1n) is 6.02. The monoisotopic (exact) mass is 256 g/mol. The van der Waals surface area contributed by atoms with Gasteiger partial charge in [-0.25, -0.2) is 0 Å². The smallest absolute Gasteiger partial charge is 0.229 e. The van der Waals surface area contributed by atoms with Crippen molar-refractivity contribution < 1.29 is 19.4 Å². The Morgan fingerprint density at radius 1 is 1.21 bits per heavy atom. The van der Waals surface area contributed by atoms with Crippen LogP contribution in [0, 0.1) is 0 Å². The molecule has 0 saturated carbocycles. The highest BCUT2D eigenvalue weighted by Gasteiger charge is 2.32. The summed E-state index contributed by atoms with van der Waals surface area (Å²) in [4.78, 5) is 23.3. The molecule has 4 nitrogen and oxygen atoms in total. The highest BCUT2D eigenvalue weighted by molar-refractivity contribution is 6.50. The topological polar surface area (TPSA) is 63.6 Å². The van der Waals surface area contributed by atoms with Crippen LogP contribution in [-0.2, 0) is 16.0 Å². The Morgan fingerprint density at radius 3 is 2.74 bits per heavy atom. The van der Waals surface area contributed by atoms with Gasteiger partial charge in [0.2, 0.25) is 11.6 Å². The van der Waals surface area contributed by atoms with Gasteiger partial charge >= 0.3 is 0 Å². The number of fused-ring (bicyclic) bond motifs is 2. The molecule has 0 aliphatic heterocycles. The molecule has 0 bridgehead atoms. The molecular weight excluding hydrogens is 244 g/mol. The van der Waals surface area contributed by atoms with E-state index in [-0.39, 0.29) is 5.76 Å². The van der Waals surface area contributed by atoms with Crippen molar-refractivity contribution in [3.05, 3.63) is 46.7 Å². The molecule has 0 atom stereocenters. The number of hydrogen-bond donors (Lipinski definition) is 1. The Morgan fingerprint density at radius 2 is 2.00 bits per heavy atom. The predicted octanol–water partition coefficient (Wildman–Crippen LogP) is 1.99. The minimum atomic E-state index is -0.645. The van der Waals surface area contributed by atoms with E-state index in [0.717, 1.165) is 23.0 Å². The van der Waals surface area contributed by atoms with Crippen LogP contribution in [0.5, 0.6) is 5.75 Å². The first kappa shape index (κ1) is 11.7. The van der Waals surface area contributed by atoms with Crippen molar-refractivity contribution in [1.82, 2.24) is 0 Å². The van der Waals surface area contributed by atoms with Gasteiger partial charge in [-0.2, -0.15) is 0 Å². The molecule has 0 spiro atoms. The predicted molar refractivity (Wildman–Crippen MR) is 69.0 cm³/mol. The molecule has 0 aromatic heterocycles. The summed E-state index contributed by atoms with van der Waals surface area (Å²) in [5.41, 5.74) is 2.73. The van der Waals surface area contributed by atoms with Crippen molar-refractivity contribution in [2.24, 2.45) is 0 Å². The minimum absolute atomic E-state index is 0.120. The first-order valence-corrected chi connectivity index (χ1v) is 6.02. The van der Waals surface area contributed by atoms with Crippen molar-refractivity contribution in [3.63, 3.8) is 0 Å². The number of methoxy groups -OCH3 is 1. The van der Waals surface area contributed by atoms with Gasteiger partial charge in [-0.1, -0.05) is 6.07 Å². The lowest BCUT2D eigenvalue weighted by molar-refractivity contribution is -0.131. The number of aliphatic hydroxyl groups excluding tert-OH is 1. The number of ether oxygens (including phenoxy) is 1. The van der Waals surface area contributed by atoms with E-state index in [4.69, 9.17) is 4.74 Å². The number of aliphatic hydroxyl groups is 1. The number of allylic oxidation sites excluding steroid dienone is 3. The molecule has 0 heterocycles. The number of benzene rings is 1. The van der Waals surface area contributed by atoms with Crippen LogP contribution in [-0.4, -0.2) is 23.8 Å². The Bertz CT molecular complexity index is 665. The van der Waals surface area contributed by atoms with Gasteiger partial charge in [-0.05, 0) is 36.1 Å². The highest BCUT2D eigenvalue weighted by Crippen LogP contribution is 2.39. The van der Waals surface area contributed by atoms with Crippen LogP contribution in [0.1, 0.15) is 17.5 Å². The van der Waals surface area contributed by atoms with Crippen LogP contribution in [0.3, 0.4) is 0 Å². The molecule has 1 aromatic carbocycles. The lowest BCUT2D eigenvalue weighted by Crippen LogP contribution is -2.24. The molecule has 19 heavy (non-hydrogen) atoms. The number of rotatable bonds is 1. The zero-order chi connectivity index (χ0) is 13.6. The Kier molecular flexibility index (Phi) is 2.52. The second kappa shape index (κ2) is 4.09. The highest BCUT2D eigenvalue weighted by atomic mass is 16.5. The van der Waals surface area contributed by atoms with E-state index in [2.05, 4.69) is 0 Å². The molecule has 0 radical (unpaired) electrons. The summed E-state index contributed by atoms with van der Waals surface area (Å²) in [5.74, 6) is -0.530. The third kappa shape index (κ3) is 1.68. The van der Waals surface area contributed by atoms with Crippen LogP contribution >= 0.6 is 0 Å². The summed E-state index contributed by atoms with van der Waals surface area (Å²) in [6.45, 7) is 0. The molecule has 0 amide bonds. The van der Waals surface area contributed by atoms with Gasteiger partial charge in [0.1, 0.15) is 11.5 Å². The van der Waals surface area contributed by atoms with Crippen LogP contribution in [0.25, 0.3) is 5.57 Å². The third-order valence-electron chi connectivity index (χ3n) is 3.55. The van der Waals surface area contributed by atoms with Gasteiger partial charge in [0.25, 0.3) is 0 Å². The van der Waals surface area contributed by atoms with Gasteiger partial charge in [-0.15, -0.1) is 0 Å². The fourth-order valence-electron chi connectivity index (χ4n) is 2.63. The summed E-state index contributed by atoms with van der Waals surface area (Å²) >= 11 is 0. The molecule has 0 fully saturated rings. The summed E-state index contributed by atoms with van der Waals surface area (Å²) in [6, 6.07) is 5.49. The Labute approximate surface area is 110 Å². The zero-order valence-electron chi connectivity index (χ0n) is 10.4. The number of ketones is 2. The Balaban J connectivity index is 2.20. The molecule has 3 rings (SSSR count). The second-order valence-corrected chi connectivity index (χ2v) is 4.60. The first-order chi connectivity index (χ1) is 9.11. The van der Waals surface area contributed by atoms with Gasteiger partial charge in [-0.3, -0.25) is 9.59 Å². The minimum Gasteiger partial charge on any atom is -0.507 e. The van der Waals surface area contributed by atoms with E-state index in [1.165, 1.54) is 0 Å². The summed E-state index contributed by atoms with van der Waals surface area (Å²) in [7, 11) is 1.59. The zero-order valence-corrected chi connectivity index (χ0v) is 10.4. The number of Topliss-reactive ketones (excluding diaryl/α,β-unsaturated/α-hetero) is 1. The van der Waals surface area contributed by atoms with Gasteiger partial charge in [0.15, 0.2) is 0 Å². The van der Waals surface area contributed by atoms with E-state index in [9.17, 15) is 14.7 Å². The maximum absolute atomic E-state index is 11.9. The van der Waals surface area contributed by atoms with Crippen LogP contribution < -0.4 is 4.74 Å². The fourth-order valence-corrected chi connectivity index (χ4v) is 2.63. The third-order valence-corrected chi connectivity index (χ3v) is 3.55. The molecule has 0 saturated heterocycles. The SMILES string of the molecule is COc1ccc2c(c1)CCC1=C2C(O)=CC(=O)C1=O. The number of carbonyl (C=O) groups is 2. The van der Waals surface area contributed by atoms with E-state index in [1.54, 1.807) is 13.2 Å². The maximum atomic E-state index is 11.9. The molecule has 1 N–H and O–H groups in total. The number of hydrogen-bond acceptors (Lipinski definition) is 4. The van der Waals surface area contributed by atoms with E-state index >= 15 is 0 Å². The molecule has 1 aromatic rings. The van der Waals surface area contributed by atoms with Crippen molar-refractivity contribution in [1.29, 1.82) is 0 Å². The lowest BCUT2D eigenvalue weighted by Gasteiger charge is -2.24. The molecule has 96 valence electrons. The quantitative estimate of drug-likeness (QED) is 0.616. The Hall–Kier alpha value is -2.36.